The van der Waals surface area contributed by atoms with Crippen LogP contribution in [0.15, 0.2) is 71.9 Å². The predicted octanol–water partition coefficient (Wildman–Crippen LogP) is 7.70. The maximum Gasteiger partial charge on any atom is 0.416 e. The van der Waals surface area contributed by atoms with Crippen molar-refractivity contribution in [2.45, 2.75) is 43.2 Å². The Bertz CT molecular complexity index is 1610. The number of non-ortho nitro benzene ring substituents is 1. The highest BCUT2D eigenvalue weighted by atomic mass is 32.2. The van der Waals surface area contributed by atoms with Gasteiger partial charge in [-0.2, -0.15) is 26.3 Å². The first-order valence-corrected chi connectivity index (χ1v) is 13.4. The molecule has 16 heteroatoms. The second-order valence-corrected chi connectivity index (χ2v) is 10.3. The van der Waals surface area contributed by atoms with Crippen LogP contribution >= 0.6 is 11.8 Å². The number of nitrogens with zero attached hydrogens (tertiary/aromatic N) is 4. The summed E-state index contributed by atoms with van der Waals surface area (Å²) >= 11 is 1.30. The summed E-state index contributed by atoms with van der Waals surface area (Å²) in [4.78, 5) is 23.3. The predicted molar refractivity (Wildman–Crippen MR) is 146 cm³/mol. The van der Waals surface area contributed by atoms with Gasteiger partial charge in [0, 0.05) is 29.3 Å². The summed E-state index contributed by atoms with van der Waals surface area (Å²) in [6.45, 7) is 3.42. The Morgan fingerprint density at radius 1 is 0.977 bits per heavy atom. The van der Waals surface area contributed by atoms with Gasteiger partial charge in [0.05, 0.1) is 22.1 Å². The smallest absolute Gasteiger partial charge is 0.328 e. The normalized spacial score (nSPS) is 12.6. The molecule has 0 aliphatic heterocycles. The van der Waals surface area contributed by atoms with Gasteiger partial charge in [-0.15, -0.1) is 10.2 Å². The van der Waals surface area contributed by atoms with E-state index in [1.54, 1.807) is 4.57 Å². The van der Waals surface area contributed by atoms with Gasteiger partial charge in [-0.3, -0.25) is 14.7 Å². The highest BCUT2D eigenvalue weighted by Gasteiger charge is 2.37. The first-order chi connectivity index (χ1) is 20.1. The fraction of sp³-hybridized carbons (Fsp3) is 0.222. The topological polar surface area (TPSA) is 115 Å². The molecule has 1 atom stereocenters. The monoisotopic (exact) mass is 624 g/mol. The Labute approximate surface area is 244 Å². The van der Waals surface area contributed by atoms with Crippen LogP contribution in [-0.2, 0) is 18.1 Å². The van der Waals surface area contributed by atoms with Crippen LogP contribution in [0.25, 0.3) is 5.69 Å². The molecule has 9 nitrogen and oxygen atoms in total. The number of anilines is 1. The van der Waals surface area contributed by atoms with Gasteiger partial charge in [-0.25, -0.2) is 4.79 Å². The fourth-order valence-corrected chi connectivity index (χ4v) is 4.93. The summed E-state index contributed by atoms with van der Waals surface area (Å²) in [5.41, 5.74) is -1.62. The number of carbonyl (C=O) groups excluding carboxylic acids is 1. The summed E-state index contributed by atoms with van der Waals surface area (Å²) in [6.07, 6.45) is -10.2. The molecule has 0 aliphatic rings. The molecule has 0 spiro atoms. The summed E-state index contributed by atoms with van der Waals surface area (Å²) in [5, 5.41) is 24.3. The van der Waals surface area contributed by atoms with Gasteiger partial charge in [0.15, 0.2) is 11.0 Å². The van der Waals surface area contributed by atoms with Gasteiger partial charge in [-0.05, 0) is 49.7 Å². The third kappa shape index (κ3) is 7.82. The van der Waals surface area contributed by atoms with Gasteiger partial charge in [0.1, 0.15) is 0 Å². The average molecular weight is 625 g/mol. The standard InChI is InChI=1S/C27H22F6N6O3S/c1-15-4-3-5-17(10-15)14-43-25-37-36-23(38(25)21-6-8-22(9-7-21)39(41)42)16(2)34-24(40)35-20-12-18(26(28,29)30)11-19(13-20)27(31,32)33/h3-13,16H,14H2,1-2H3,(H2,34,35,40). The number of nitro benzene ring substituents is 1. The molecular formula is C27H22F6N6O3S. The van der Waals surface area contributed by atoms with E-state index in [0.29, 0.717) is 28.7 Å². The molecule has 0 saturated heterocycles. The number of aromatic nitrogens is 3. The molecule has 0 bridgehead atoms. The number of nitro groups is 1. The van der Waals surface area contributed by atoms with E-state index in [4.69, 9.17) is 0 Å². The molecule has 1 heterocycles. The minimum Gasteiger partial charge on any atom is -0.328 e. The molecule has 3 aromatic carbocycles. The highest BCUT2D eigenvalue weighted by molar-refractivity contribution is 7.98. The third-order valence-corrected chi connectivity index (χ3v) is 7.01. The molecule has 1 unspecified atom stereocenters. The lowest BCUT2D eigenvalue weighted by Crippen LogP contribution is -2.32. The summed E-state index contributed by atoms with van der Waals surface area (Å²) in [5.74, 6) is 0.627. The molecule has 4 aromatic rings. The number of alkyl halides is 6. The molecule has 0 fully saturated rings. The zero-order valence-electron chi connectivity index (χ0n) is 22.3. The van der Waals surface area contributed by atoms with Crippen molar-refractivity contribution in [1.82, 2.24) is 20.1 Å². The Balaban J connectivity index is 1.61. The Kier molecular flexibility index (Phi) is 8.98. The molecule has 4 rings (SSSR count). The molecular weight excluding hydrogens is 602 g/mol. The fourth-order valence-electron chi connectivity index (χ4n) is 4.03. The van der Waals surface area contributed by atoms with Crippen LogP contribution in [0.5, 0.6) is 0 Å². The second-order valence-electron chi connectivity index (χ2n) is 9.34. The number of benzene rings is 3. The summed E-state index contributed by atoms with van der Waals surface area (Å²) in [6, 6.07) is 11.8. The van der Waals surface area contributed by atoms with E-state index in [2.05, 4.69) is 15.5 Å². The average Bonchev–Trinajstić information content (AvgIpc) is 3.35. The maximum atomic E-state index is 13.2. The van der Waals surface area contributed by atoms with Crippen molar-refractivity contribution in [3.63, 3.8) is 0 Å². The molecule has 226 valence electrons. The van der Waals surface area contributed by atoms with Crippen LogP contribution in [0, 0.1) is 17.0 Å². The first-order valence-electron chi connectivity index (χ1n) is 12.4. The molecule has 0 aliphatic carbocycles. The van der Waals surface area contributed by atoms with Gasteiger partial charge < -0.3 is 10.6 Å². The zero-order valence-corrected chi connectivity index (χ0v) is 23.1. The largest absolute Gasteiger partial charge is 0.416 e. The second kappa shape index (κ2) is 12.3. The molecule has 1 aromatic heterocycles. The van der Waals surface area contributed by atoms with E-state index in [1.165, 1.54) is 43.0 Å². The first kappa shape index (κ1) is 31.3. The van der Waals surface area contributed by atoms with Crippen LogP contribution in [0.1, 0.15) is 41.0 Å². The van der Waals surface area contributed by atoms with Crippen molar-refractivity contribution in [3.8, 4) is 5.69 Å². The van der Waals surface area contributed by atoms with Crippen molar-refractivity contribution in [2.75, 3.05) is 5.32 Å². The minimum absolute atomic E-state index is 0.0473. The number of amides is 2. The number of halogens is 6. The van der Waals surface area contributed by atoms with Gasteiger partial charge in [0.25, 0.3) is 5.69 Å². The maximum absolute atomic E-state index is 13.2. The molecule has 0 radical (unpaired) electrons. The molecule has 0 saturated carbocycles. The SMILES string of the molecule is Cc1cccc(CSc2nnc(C(C)NC(=O)Nc3cc(C(F)(F)F)cc(C(F)(F)F)c3)n2-c2ccc([N+](=O)[O-])cc2)c1. The van der Waals surface area contributed by atoms with Gasteiger partial charge in [-0.1, -0.05) is 41.6 Å². The summed E-state index contributed by atoms with van der Waals surface area (Å²) in [7, 11) is 0. The van der Waals surface area contributed by atoms with Crippen molar-refractivity contribution in [2.24, 2.45) is 0 Å². The van der Waals surface area contributed by atoms with Crippen LogP contribution < -0.4 is 10.6 Å². The number of carbonyl (C=O) groups is 1. The molecule has 43 heavy (non-hydrogen) atoms. The number of urea groups is 1. The highest BCUT2D eigenvalue weighted by Crippen LogP contribution is 2.37. The van der Waals surface area contributed by atoms with Crippen LogP contribution in [0.3, 0.4) is 0 Å². The number of aryl methyl sites for hydroxylation is 1. The Morgan fingerprint density at radius 3 is 2.16 bits per heavy atom. The number of hydrogen-bond donors (Lipinski definition) is 2. The minimum atomic E-state index is -5.09. The lowest BCUT2D eigenvalue weighted by Gasteiger charge is -2.18. The summed E-state index contributed by atoms with van der Waals surface area (Å²) < 4.78 is 80.9. The van der Waals surface area contributed by atoms with E-state index in [9.17, 15) is 41.3 Å². The number of hydrogen-bond acceptors (Lipinski definition) is 6. The number of thioether (sulfide) groups is 1. The van der Waals surface area contributed by atoms with Crippen molar-refractivity contribution in [1.29, 1.82) is 0 Å². The van der Waals surface area contributed by atoms with Gasteiger partial charge >= 0.3 is 18.4 Å². The zero-order chi connectivity index (χ0) is 31.5. The Morgan fingerprint density at radius 2 is 1.60 bits per heavy atom. The lowest BCUT2D eigenvalue weighted by atomic mass is 10.1. The van der Waals surface area contributed by atoms with Crippen molar-refractivity contribution in [3.05, 3.63) is 105 Å². The lowest BCUT2D eigenvalue weighted by molar-refractivity contribution is -0.384. The van der Waals surface area contributed by atoms with Gasteiger partial charge in [0.2, 0.25) is 0 Å². The molecule has 2 N–H and O–H groups in total. The van der Waals surface area contributed by atoms with Crippen molar-refractivity contribution >= 4 is 29.2 Å². The Hall–Kier alpha value is -4.60. The van der Waals surface area contributed by atoms with Crippen LogP contribution in [0.4, 0.5) is 42.5 Å². The van der Waals surface area contributed by atoms with E-state index in [-0.39, 0.29) is 17.6 Å². The quantitative estimate of drug-likeness (QED) is 0.0899. The van der Waals surface area contributed by atoms with Crippen LogP contribution in [-0.4, -0.2) is 25.7 Å². The number of rotatable bonds is 8. The van der Waals surface area contributed by atoms with Crippen molar-refractivity contribution < 1.29 is 36.1 Å². The number of nitrogens with one attached hydrogen (secondary N) is 2. The molecule has 2 amide bonds. The third-order valence-electron chi connectivity index (χ3n) is 6.01. The van der Waals surface area contributed by atoms with Crippen LogP contribution in [0.2, 0.25) is 0 Å². The van der Waals surface area contributed by atoms with E-state index in [0.717, 1.165) is 11.1 Å². The van der Waals surface area contributed by atoms with E-state index < -0.39 is 46.2 Å². The van der Waals surface area contributed by atoms with E-state index >= 15 is 0 Å². The van der Waals surface area contributed by atoms with E-state index in [1.807, 2.05) is 36.5 Å².